The number of fused-ring (bicyclic) bond motifs is 1. The van der Waals surface area contributed by atoms with Gasteiger partial charge in [-0.1, -0.05) is 94.8 Å². The van der Waals surface area contributed by atoms with Gasteiger partial charge < -0.3 is 4.90 Å². The highest BCUT2D eigenvalue weighted by Gasteiger charge is 2.53. The number of halogens is 1. The Morgan fingerprint density at radius 2 is 1.42 bits per heavy atom. The summed E-state index contributed by atoms with van der Waals surface area (Å²) in [4.78, 5) is 16.2. The van der Waals surface area contributed by atoms with Gasteiger partial charge in [-0.25, -0.2) is 0 Å². The molecule has 3 aromatic carbocycles. The fraction of sp³-hybridized carbons (Fsp3) is 0.125. The third-order valence-electron chi connectivity index (χ3n) is 7.14. The lowest BCUT2D eigenvalue weighted by atomic mass is 9.73. The lowest BCUT2D eigenvalue weighted by molar-refractivity contribution is 0.0881. The molecular weight excluding hydrogens is 536 g/mol. The molecule has 5 nitrogen and oxygen atoms in total. The van der Waals surface area contributed by atoms with Crippen molar-refractivity contribution in [2.75, 3.05) is 0 Å². The second-order valence-corrected chi connectivity index (χ2v) is 10.1. The Bertz CT molecular complexity index is 1570. The fourth-order valence-electron chi connectivity index (χ4n) is 5.59. The summed E-state index contributed by atoms with van der Waals surface area (Å²) in [7, 11) is 0. The van der Waals surface area contributed by atoms with Crippen LogP contribution in [-0.2, 0) is 0 Å². The van der Waals surface area contributed by atoms with Gasteiger partial charge in [-0.3, -0.25) is 4.79 Å². The number of carbonyl (C=O) groups excluding carboxylic acids is 1. The van der Waals surface area contributed by atoms with E-state index >= 15 is 0 Å². The van der Waals surface area contributed by atoms with E-state index in [2.05, 4.69) is 34.1 Å². The van der Waals surface area contributed by atoms with Crippen molar-refractivity contribution in [3.05, 3.63) is 136 Å². The first-order valence-corrected chi connectivity index (χ1v) is 12.9. The summed E-state index contributed by atoms with van der Waals surface area (Å²) < 4.78 is 0.902. The van der Waals surface area contributed by atoms with Crippen LogP contribution >= 0.6 is 15.9 Å². The molecule has 5 rings (SSSR count). The molecular formula is C32H21BrN4O. The van der Waals surface area contributed by atoms with Crippen LogP contribution in [0, 0.1) is 39.9 Å². The van der Waals surface area contributed by atoms with E-state index in [1.54, 1.807) is 24.4 Å². The molecule has 0 amide bonds. The lowest BCUT2D eigenvalue weighted by Crippen LogP contribution is -2.39. The maximum atomic E-state index is 14.2. The molecule has 2 aliphatic rings. The lowest BCUT2D eigenvalue weighted by Gasteiger charge is -2.31. The van der Waals surface area contributed by atoms with Crippen LogP contribution in [0.5, 0.6) is 0 Å². The number of hydrogen-bond donors (Lipinski definition) is 0. The van der Waals surface area contributed by atoms with Crippen LogP contribution in [0.25, 0.3) is 5.57 Å². The number of carbonyl (C=O) groups is 1. The van der Waals surface area contributed by atoms with Crippen molar-refractivity contribution in [1.29, 1.82) is 15.8 Å². The number of benzene rings is 3. The summed E-state index contributed by atoms with van der Waals surface area (Å²) in [5.41, 5.74) is 3.28. The van der Waals surface area contributed by atoms with Crippen LogP contribution in [0.4, 0.5) is 0 Å². The summed E-state index contributed by atoms with van der Waals surface area (Å²) in [5.74, 6) is -0.914. The van der Waals surface area contributed by atoms with Crippen LogP contribution in [0.15, 0.2) is 119 Å². The van der Waals surface area contributed by atoms with Crippen molar-refractivity contribution in [2.24, 2.45) is 5.92 Å². The first-order chi connectivity index (χ1) is 18.6. The summed E-state index contributed by atoms with van der Waals surface area (Å²) in [6.45, 7) is 0. The van der Waals surface area contributed by atoms with Gasteiger partial charge in [0.05, 0.1) is 17.7 Å². The Kier molecular flexibility index (Phi) is 7.05. The van der Waals surface area contributed by atoms with E-state index in [0.29, 0.717) is 16.7 Å². The molecule has 0 saturated carbocycles. The van der Waals surface area contributed by atoms with Gasteiger partial charge in [0.25, 0.3) is 0 Å². The normalized spacial score (nSPS) is 21.3. The van der Waals surface area contributed by atoms with Gasteiger partial charge in [0, 0.05) is 28.1 Å². The summed E-state index contributed by atoms with van der Waals surface area (Å²) in [6, 6.07) is 31.8. The molecule has 0 N–H and O–H groups in total. The van der Waals surface area contributed by atoms with E-state index in [1.165, 1.54) is 0 Å². The zero-order chi connectivity index (χ0) is 26.6. The predicted octanol–water partition coefficient (Wildman–Crippen LogP) is 6.56. The first kappa shape index (κ1) is 25.0. The van der Waals surface area contributed by atoms with E-state index in [9.17, 15) is 20.6 Å². The molecule has 38 heavy (non-hydrogen) atoms. The van der Waals surface area contributed by atoms with E-state index in [1.807, 2.05) is 83.8 Å². The molecule has 2 aliphatic heterocycles. The molecule has 0 radical (unpaired) electrons. The van der Waals surface area contributed by atoms with Crippen molar-refractivity contribution in [3.8, 4) is 18.2 Å². The number of hydrogen-bond acceptors (Lipinski definition) is 5. The van der Waals surface area contributed by atoms with E-state index in [-0.39, 0.29) is 17.4 Å². The van der Waals surface area contributed by atoms with Crippen molar-refractivity contribution >= 4 is 27.3 Å². The molecule has 0 aromatic heterocycles. The van der Waals surface area contributed by atoms with Crippen molar-refractivity contribution < 1.29 is 4.79 Å². The maximum Gasteiger partial charge on any atom is 0.185 e. The molecule has 0 bridgehead atoms. The number of nitrogens with zero attached hydrogens (tertiary/aromatic N) is 4. The highest BCUT2D eigenvalue weighted by atomic mass is 79.9. The number of allylic oxidation sites excluding steroid dienone is 3. The Labute approximate surface area is 230 Å². The topological polar surface area (TPSA) is 91.7 Å². The largest absolute Gasteiger partial charge is 0.358 e. The van der Waals surface area contributed by atoms with E-state index < -0.39 is 17.9 Å². The highest BCUT2D eigenvalue weighted by Crippen LogP contribution is 2.52. The quantitative estimate of drug-likeness (QED) is 0.262. The van der Waals surface area contributed by atoms with Crippen molar-refractivity contribution in [2.45, 2.75) is 18.0 Å². The third kappa shape index (κ3) is 4.46. The van der Waals surface area contributed by atoms with Crippen LogP contribution in [0.3, 0.4) is 0 Å². The molecule has 2 heterocycles. The Balaban J connectivity index is 1.81. The fourth-order valence-corrected chi connectivity index (χ4v) is 5.85. The molecule has 1 fully saturated rings. The van der Waals surface area contributed by atoms with Crippen molar-refractivity contribution in [1.82, 2.24) is 4.90 Å². The molecule has 0 spiro atoms. The third-order valence-corrected chi connectivity index (χ3v) is 7.67. The zero-order valence-corrected chi connectivity index (χ0v) is 21.8. The average molecular weight is 557 g/mol. The Hall–Kier alpha value is -4.70. The standard InChI is InChI=1S/C32H21BrN4O/c33-26-14-12-23(13-15-26)29-30(28(25(18-35)19-36)22-7-3-1-4-8-22)27-16-11-21(17-34)20-37(27)31(29)32(38)24-9-5-2-6-10-24/h1-16,20,27,29-31H/t27-,29+,30-,31+/m1/s1. The van der Waals surface area contributed by atoms with Gasteiger partial charge in [0.15, 0.2) is 5.78 Å². The maximum absolute atomic E-state index is 14.2. The van der Waals surface area contributed by atoms with Gasteiger partial charge in [-0.05, 0) is 34.9 Å². The SMILES string of the molecule is N#CC1=CN2[C@H](C=C1)[C@H](C(=C(C#N)C#N)c1ccccc1)[C@H](c1ccc(Br)cc1)[C@H]2C(=O)c1ccccc1. The Morgan fingerprint density at radius 3 is 2.00 bits per heavy atom. The van der Waals surface area contributed by atoms with E-state index in [0.717, 1.165) is 15.6 Å². The molecule has 0 aliphatic carbocycles. The number of Topliss-reactive ketones (excluding diaryl/α,β-unsaturated/α-hetero) is 1. The van der Waals surface area contributed by atoms with Gasteiger partial charge in [0.1, 0.15) is 23.8 Å². The van der Waals surface area contributed by atoms with Gasteiger partial charge in [0.2, 0.25) is 0 Å². The molecule has 4 atom stereocenters. The first-order valence-electron chi connectivity index (χ1n) is 12.1. The monoisotopic (exact) mass is 556 g/mol. The highest BCUT2D eigenvalue weighted by molar-refractivity contribution is 9.10. The molecule has 6 heteroatoms. The summed E-state index contributed by atoms with van der Waals surface area (Å²) in [6.07, 6.45) is 5.41. The average Bonchev–Trinajstić information content (AvgIpc) is 3.30. The van der Waals surface area contributed by atoms with E-state index in [4.69, 9.17) is 0 Å². The second kappa shape index (κ2) is 10.7. The summed E-state index contributed by atoms with van der Waals surface area (Å²) >= 11 is 3.51. The molecule has 3 aromatic rings. The summed E-state index contributed by atoms with van der Waals surface area (Å²) in [5, 5.41) is 29.8. The van der Waals surface area contributed by atoms with Crippen LogP contribution in [-0.4, -0.2) is 22.8 Å². The number of ketones is 1. The van der Waals surface area contributed by atoms with Crippen molar-refractivity contribution in [3.63, 3.8) is 0 Å². The van der Waals surface area contributed by atoms with Gasteiger partial charge in [-0.2, -0.15) is 15.8 Å². The van der Waals surface area contributed by atoms with Gasteiger partial charge >= 0.3 is 0 Å². The molecule has 1 saturated heterocycles. The van der Waals surface area contributed by atoms with Gasteiger partial charge in [-0.15, -0.1) is 0 Å². The number of nitriles is 3. The smallest absolute Gasteiger partial charge is 0.185 e. The second-order valence-electron chi connectivity index (χ2n) is 9.15. The zero-order valence-electron chi connectivity index (χ0n) is 20.2. The number of rotatable bonds is 5. The molecule has 182 valence electrons. The predicted molar refractivity (Wildman–Crippen MR) is 148 cm³/mol. The molecule has 0 unspecified atom stereocenters. The van der Waals surface area contributed by atoms with Crippen LogP contribution < -0.4 is 0 Å². The Morgan fingerprint density at radius 1 is 0.816 bits per heavy atom. The van der Waals surface area contributed by atoms with Crippen LogP contribution in [0.2, 0.25) is 0 Å². The minimum absolute atomic E-state index is 0.0135. The van der Waals surface area contributed by atoms with Crippen LogP contribution in [0.1, 0.15) is 27.4 Å². The minimum Gasteiger partial charge on any atom is -0.358 e. The minimum atomic E-state index is -0.667.